The number of anilines is 2. The highest BCUT2D eigenvalue weighted by molar-refractivity contribution is 5.98. The molecular weight excluding hydrogens is 216 g/mol. The average Bonchev–Trinajstić information content (AvgIpc) is 2.25. The second-order valence-electron chi connectivity index (χ2n) is 4.73. The molecule has 0 radical (unpaired) electrons. The maximum Gasteiger partial charge on any atom is 0.265 e. The summed E-state index contributed by atoms with van der Waals surface area (Å²) in [4.78, 5) is 11.5. The van der Waals surface area contributed by atoms with E-state index in [2.05, 4.69) is 10.6 Å². The van der Waals surface area contributed by atoms with Gasteiger partial charge < -0.3 is 15.4 Å². The molecule has 1 aromatic rings. The Kier molecular flexibility index (Phi) is 2.42. The SMILES string of the molecule is CC1Oc2ccc(NC3CCC3)cc2NC1=O. The van der Waals surface area contributed by atoms with Gasteiger partial charge in [-0.15, -0.1) is 0 Å². The molecule has 0 bridgehead atoms. The molecule has 1 amide bonds. The third-order valence-electron chi connectivity index (χ3n) is 3.39. The lowest BCUT2D eigenvalue weighted by molar-refractivity contribution is -0.122. The monoisotopic (exact) mass is 232 g/mol. The highest BCUT2D eigenvalue weighted by atomic mass is 16.5. The summed E-state index contributed by atoms with van der Waals surface area (Å²) in [5.74, 6) is 0.662. The summed E-state index contributed by atoms with van der Waals surface area (Å²) in [6, 6.07) is 6.44. The maximum absolute atomic E-state index is 11.5. The van der Waals surface area contributed by atoms with Crippen molar-refractivity contribution in [2.75, 3.05) is 10.6 Å². The lowest BCUT2D eigenvalue weighted by atomic mass is 9.93. The fourth-order valence-corrected chi connectivity index (χ4v) is 2.09. The van der Waals surface area contributed by atoms with E-state index in [0.717, 1.165) is 17.1 Å². The Morgan fingerprint density at radius 2 is 2.24 bits per heavy atom. The van der Waals surface area contributed by atoms with Crippen molar-refractivity contribution in [3.05, 3.63) is 18.2 Å². The predicted molar refractivity (Wildman–Crippen MR) is 66.4 cm³/mol. The van der Waals surface area contributed by atoms with Crippen molar-refractivity contribution < 1.29 is 9.53 Å². The second kappa shape index (κ2) is 3.95. The summed E-state index contributed by atoms with van der Waals surface area (Å²) >= 11 is 0. The van der Waals surface area contributed by atoms with Crippen LogP contribution in [0.25, 0.3) is 0 Å². The number of nitrogens with one attached hydrogen (secondary N) is 2. The number of amides is 1. The summed E-state index contributed by atoms with van der Waals surface area (Å²) in [6.45, 7) is 1.75. The number of hydrogen-bond donors (Lipinski definition) is 2. The van der Waals surface area contributed by atoms with Crippen LogP contribution in [-0.2, 0) is 4.79 Å². The van der Waals surface area contributed by atoms with Crippen LogP contribution in [0.15, 0.2) is 18.2 Å². The van der Waals surface area contributed by atoms with Crippen LogP contribution in [0.1, 0.15) is 26.2 Å². The van der Waals surface area contributed by atoms with Gasteiger partial charge >= 0.3 is 0 Å². The quantitative estimate of drug-likeness (QED) is 0.823. The molecule has 1 aliphatic carbocycles. The summed E-state index contributed by atoms with van der Waals surface area (Å²) < 4.78 is 5.50. The first-order chi connectivity index (χ1) is 8.22. The van der Waals surface area contributed by atoms with E-state index < -0.39 is 6.10 Å². The van der Waals surface area contributed by atoms with Gasteiger partial charge in [0.25, 0.3) is 5.91 Å². The number of ether oxygens (including phenoxy) is 1. The molecule has 1 atom stereocenters. The van der Waals surface area contributed by atoms with Crippen molar-refractivity contribution in [2.45, 2.75) is 38.3 Å². The van der Waals surface area contributed by atoms with Gasteiger partial charge in [0.2, 0.25) is 0 Å². The lowest BCUT2D eigenvalue weighted by Gasteiger charge is -2.29. The fraction of sp³-hybridized carbons (Fsp3) is 0.462. The van der Waals surface area contributed by atoms with Crippen LogP contribution in [0.3, 0.4) is 0 Å². The number of carbonyl (C=O) groups excluding carboxylic acids is 1. The molecule has 2 N–H and O–H groups in total. The van der Waals surface area contributed by atoms with Crippen LogP contribution in [0.2, 0.25) is 0 Å². The van der Waals surface area contributed by atoms with Crippen molar-refractivity contribution in [1.29, 1.82) is 0 Å². The summed E-state index contributed by atoms with van der Waals surface area (Å²) in [5, 5.41) is 6.30. The van der Waals surface area contributed by atoms with E-state index in [-0.39, 0.29) is 5.91 Å². The standard InChI is InChI=1S/C13H16N2O2/c1-8-13(16)15-11-7-10(5-6-12(11)17-8)14-9-3-2-4-9/h5-9,14H,2-4H2,1H3,(H,15,16). The summed E-state index contributed by atoms with van der Waals surface area (Å²) in [6.07, 6.45) is 3.36. The van der Waals surface area contributed by atoms with Gasteiger partial charge in [0.05, 0.1) is 5.69 Å². The first kappa shape index (κ1) is 10.4. The van der Waals surface area contributed by atoms with Crippen molar-refractivity contribution in [3.63, 3.8) is 0 Å². The van der Waals surface area contributed by atoms with E-state index in [9.17, 15) is 4.79 Å². The van der Waals surface area contributed by atoms with Crippen LogP contribution >= 0.6 is 0 Å². The predicted octanol–water partition coefficient (Wildman–Crippen LogP) is 2.37. The van der Waals surface area contributed by atoms with Gasteiger partial charge in [-0.25, -0.2) is 0 Å². The number of carbonyl (C=O) groups is 1. The number of fused-ring (bicyclic) bond motifs is 1. The minimum absolute atomic E-state index is 0.0849. The van der Waals surface area contributed by atoms with Crippen molar-refractivity contribution in [3.8, 4) is 5.75 Å². The highest BCUT2D eigenvalue weighted by Gasteiger charge is 2.24. The Morgan fingerprint density at radius 1 is 1.41 bits per heavy atom. The molecule has 3 rings (SSSR count). The second-order valence-corrected chi connectivity index (χ2v) is 4.73. The van der Waals surface area contributed by atoms with E-state index in [4.69, 9.17) is 4.74 Å². The summed E-state index contributed by atoms with van der Waals surface area (Å²) in [7, 11) is 0. The van der Waals surface area contributed by atoms with Gasteiger partial charge in [-0.2, -0.15) is 0 Å². The molecule has 17 heavy (non-hydrogen) atoms. The van der Waals surface area contributed by atoms with Crippen molar-refractivity contribution >= 4 is 17.3 Å². The Bertz CT molecular complexity index is 455. The molecule has 1 aliphatic heterocycles. The molecule has 1 saturated carbocycles. The number of benzene rings is 1. The third kappa shape index (κ3) is 1.95. The minimum atomic E-state index is -0.409. The zero-order chi connectivity index (χ0) is 11.8. The van der Waals surface area contributed by atoms with Gasteiger partial charge in [-0.1, -0.05) is 0 Å². The molecule has 4 nitrogen and oxygen atoms in total. The Morgan fingerprint density at radius 3 is 2.94 bits per heavy atom. The van der Waals surface area contributed by atoms with Crippen molar-refractivity contribution in [1.82, 2.24) is 0 Å². The van der Waals surface area contributed by atoms with E-state index >= 15 is 0 Å². The van der Waals surface area contributed by atoms with Crippen LogP contribution < -0.4 is 15.4 Å². The fourth-order valence-electron chi connectivity index (χ4n) is 2.09. The smallest absolute Gasteiger partial charge is 0.265 e. The Labute approximate surface area is 100 Å². The Hall–Kier alpha value is -1.71. The highest BCUT2D eigenvalue weighted by Crippen LogP contribution is 2.33. The largest absolute Gasteiger partial charge is 0.479 e. The first-order valence-corrected chi connectivity index (χ1v) is 6.10. The summed E-state index contributed by atoms with van der Waals surface area (Å²) in [5.41, 5.74) is 1.81. The van der Waals surface area contributed by atoms with Gasteiger partial charge in [0.1, 0.15) is 5.75 Å². The molecule has 90 valence electrons. The van der Waals surface area contributed by atoms with Crippen LogP contribution in [0, 0.1) is 0 Å². The first-order valence-electron chi connectivity index (χ1n) is 6.10. The van der Waals surface area contributed by atoms with E-state index in [1.54, 1.807) is 6.92 Å². The molecule has 0 spiro atoms. The molecule has 4 heteroatoms. The molecule has 1 heterocycles. The minimum Gasteiger partial charge on any atom is -0.479 e. The molecule has 0 aromatic heterocycles. The number of hydrogen-bond acceptors (Lipinski definition) is 3. The van der Waals surface area contributed by atoms with E-state index in [1.807, 2.05) is 18.2 Å². The molecule has 1 aromatic carbocycles. The van der Waals surface area contributed by atoms with Crippen LogP contribution in [0.4, 0.5) is 11.4 Å². The van der Waals surface area contributed by atoms with Gasteiger partial charge in [-0.3, -0.25) is 4.79 Å². The molecule has 2 aliphatic rings. The third-order valence-corrected chi connectivity index (χ3v) is 3.39. The van der Waals surface area contributed by atoms with Gasteiger partial charge in [0.15, 0.2) is 6.10 Å². The maximum atomic E-state index is 11.5. The van der Waals surface area contributed by atoms with Crippen molar-refractivity contribution in [2.24, 2.45) is 0 Å². The van der Waals surface area contributed by atoms with E-state index in [0.29, 0.717) is 6.04 Å². The van der Waals surface area contributed by atoms with E-state index in [1.165, 1.54) is 19.3 Å². The normalized spacial score (nSPS) is 23.1. The molecular formula is C13H16N2O2. The molecule has 1 unspecified atom stereocenters. The van der Waals surface area contributed by atoms with Crippen LogP contribution in [-0.4, -0.2) is 18.1 Å². The number of rotatable bonds is 2. The zero-order valence-corrected chi connectivity index (χ0v) is 9.82. The topological polar surface area (TPSA) is 50.4 Å². The van der Waals surface area contributed by atoms with Gasteiger partial charge in [0, 0.05) is 11.7 Å². The molecule has 1 fully saturated rings. The van der Waals surface area contributed by atoms with Crippen LogP contribution in [0.5, 0.6) is 5.75 Å². The Balaban J connectivity index is 1.80. The lowest BCUT2D eigenvalue weighted by Crippen LogP contribution is -2.34. The zero-order valence-electron chi connectivity index (χ0n) is 9.82. The average molecular weight is 232 g/mol. The van der Waals surface area contributed by atoms with Gasteiger partial charge in [-0.05, 0) is 44.4 Å². The molecule has 0 saturated heterocycles.